The Morgan fingerprint density at radius 3 is 2.74 bits per heavy atom. The normalized spacial score (nSPS) is 16.8. The summed E-state index contributed by atoms with van der Waals surface area (Å²) in [6.07, 6.45) is 3.17. The number of nitrogens with one attached hydrogen (secondary N) is 1. The smallest absolute Gasteiger partial charge is 0.251 e. The molecular formula is C14H19BrN2O2. The molecule has 1 aromatic rings. The molecule has 0 aromatic heterocycles. The maximum Gasteiger partial charge on any atom is 0.251 e. The van der Waals surface area contributed by atoms with Gasteiger partial charge in [0.1, 0.15) is 0 Å². The number of hydrogen-bond acceptors (Lipinski definition) is 3. The van der Waals surface area contributed by atoms with Crippen LogP contribution in [0.5, 0.6) is 0 Å². The van der Waals surface area contributed by atoms with E-state index >= 15 is 0 Å². The van der Waals surface area contributed by atoms with Crippen molar-refractivity contribution in [3.8, 4) is 0 Å². The third-order valence-corrected chi connectivity index (χ3v) is 4.38. The van der Waals surface area contributed by atoms with Crippen LogP contribution < -0.4 is 11.1 Å². The van der Waals surface area contributed by atoms with Crippen molar-refractivity contribution in [2.24, 2.45) is 0 Å². The molecule has 3 N–H and O–H groups in total. The van der Waals surface area contributed by atoms with Gasteiger partial charge in [0.25, 0.3) is 5.91 Å². The second kappa shape index (κ2) is 5.51. The number of rotatable bonds is 4. The zero-order valence-electron chi connectivity index (χ0n) is 11.3. The summed E-state index contributed by atoms with van der Waals surface area (Å²) in [7, 11) is 1.70. The molecule has 0 spiro atoms. The number of halogens is 1. The number of benzene rings is 1. The average Bonchev–Trinajstić information content (AvgIpc) is 2.32. The average molecular weight is 327 g/mol. The largest absolute Gasteiger partial charge is 0.398 e. The highest BCUT2D eigenvalue weighted by molar-refractivity contribution is 9.10. The second-order valence-electron chi connectivity index (χ2n) is 5.09. The van der Waals surface area contributed by atoms with Gasteiger partial charge in [-0.2, -0.15) is 0 Å². The first-order valence-corrected chi connectivity index (χ1v) is 7.16. The Morgan fingerprint density at radius 2 is 2.21 bits per heavy atom. The topological polar surface area (TPSA) is 64.3 Å². The Morgan fingerprint density at radius 1 is 1.53 bits per heavy atom. The molecule has 0 saturated heterocycles. The van der Waals surface area contributed by atoms with Gasteiger partial charge < -0.3 is 15.8 Å². The van der Waals surface area contributed by atoms with Gasteiger partial charge in [-0.1, -0.05) is 15.9 Å². The van der Waals surface area contributed by atoms with Crippen molar-refractivity contribution >= 4 is 27.5 Å². The van der Waals surface area contributed by atoms with E-state index in [1.54, 1.807) is 19.2 Å². The molecule has 2 rings (SSSR count). The number of carbonyl (C=O) groups excluding carboxylic acids is 1. The molecule has 19 heavy (non-hydrogen) atoms. The third kappa shape index (κ3) is 2.92. The van der Waals surface area contributed by atoms with Crippen LogP contribution in [0.15, 0.2) is 16.6 Å². The van der Waals surface area contributed by atoms with Gasteiger partial charge in [-0.15, -0.1) is 0 Å². The summed E-state index contributed by atoms with van der Waals surface area (Å²) in [4.78, 5) is 12.2. The van der Waals surface area contributed by atoms with Crippen LogP contribution in [0.2, 0.25) is 0 Å². The summed E-state index contributed by atoms with van der Waals surface area (Å²) in [5, 5.41) is 2.95. The number of anilines is 1. The predicted octanol–water partition coefficient (Wildman–Crippen LogP) is 2.64. The van der Waals surface area contributed by atoms with Crippen LogP contribution in [-0.2, 0) is 4.74 Å². The molecule has 1 aromatic carbocycles. The van der Waals surface area contributed by atoms with Crippen LogP contribution in [0.25, 0.3) is 0 Å². The Hall–Kier alpha value is -1.07. The molecule has 104 valence electrons. The van der Waals surface area contributed by atoms with Crippen molar-refractivity contribution in [1.82, 2.24) is 5.32 Å². The first-order valence-electron chi connectivity index (χ1n) is 6.36. The molecular weight excluding hydrogens is 308 g/mol. The highest BCUT2D eigenvalue weighted by atomic mass is 79.9. The molecule has 1 aliphatic carbocycles. The zero-order valence-corrected chi connectivity index (χ0v) is 12.8. The van der Waals surface area contributed by atoms with Crippen molar-refractivity contribution < 1.29 is 9.53 Å². The number of carbonyl (C=O) groups is 1. The minimum absolute atomic E-state index is 0.103. The van der Waals surface area contributed by atoms with Crippen molar-refractivity contribution in [2.45, 2.75) is 31.8 Å². The van der Waals surface area contributed by atoms with E-state index in [1.165, 1.54) is 0 Å². The first kappa shape index (κ1) is 14.3. The van der Waals surface area contributed by atoms with Crippen molar-refractivity contribution in [3.05, 3.63) is 27.7 Å². The molecule has 0 aliphatic heterocycles. The maximum absolute atomic E-state index is 12.2. The van der Waals surface area contributed by atoms with Gasteiger partial charge in [0.15, 0.2) is 0 Å². The van der Waals surface area contributed by atoms with Crippen molar-refractivity contribution in [2.75, 3.05) is 19.4 Å². The number of nitrogen functional groups attached to an aromatic ring is 1. The monoisotopic (exact) mass is 326 g/mol. The van der Waals surface area contributed by atoms with E-state index in [4.69, 9.17) is 10.5 Å². The van der Waals surface area contributed by atoms with Crippen molar-refractivity contribution in [3.63, 3.8) is 0 Å². The molecule has 0 unspecified atom stereocenters. The van der Waals surface area contributed by atoms with Gasteiger partial charge in [0.2, 0.25) is 0 Å². The minimum Gasteiger partial charge on any atom is -0.398 e. The van der Waals surface area contributed by atoms with Crippen LogP contribution in [0.1, 0.15) is 35.2 Å². The Kier molecular flexibility index (Phi) is 4.16. The standard InChI is InChI=1S/C14H19BrN2O2/c1-9-11(6-10(15)7-12(9)16)13(18)17-8-14(19-2)4-3-5-14/h6-7H,3-5,8,16H2,1-2H3,(H,17,18). The van der Waals surface area contributed by atoms with Crippen LogP contribution in [0, 0.1) is 6.92 Å². The third-order valence-electron chi connectivity index (χ3n) is 3.93. The fourth-order valence-electron chi connectivity index (χ4n) is 2.30. The van der Waals surface area contributed by atoms with Crippen molar-refractivity contribution in [1.29, 1.82) is 0 Å². The lowest BCUT2D eigenvalue weighted by molar-refractivity contribution is -0.0679. The van der Waals surface area contributed by atoms with Crippen LogP contribution in [0.3, 0.4) is 0 Å². The molecule has 0 bridgehead atoms. The number of hydrogen-bond donors (Lipinski definition) is 2. The van der Waals surface area contributed by atoms with Gasteiger partial charge in [0.05, 0.1) is 5.60 Å². The summed E-state index contributed by atoms with van der Waals surface area (Å²) >= 11 is 3.36. The molecule has 1 aliphatic rings. The molecule has 0 heterocycles. The van der Waals surface area contributed by atoms with E-state index in [-0.39, 0.29) is 11.5 Å². The Labute approximate surface area is 121 Å². The minimum atomic E-state index is -0.166. The van der Waals surface area contributed by atoms with E-state index in [0.29, 0.717) is 17.8 Å². The van der Waals surface area contributed by atoms with Crippen LogP contribution in [-0.4, -0.2) is 25.2 Å². The quantitative estimate of drug-likeness (QED) is 0.836. The highest BCUT2D eigenvalue weighted by Crippen LogP contribution is 2.34. The molecule has 1 amide bonds. The summed E-state index contributed by atoms with van der Waals surface area (Å²) in [5.41, 5.74) is 7.73. The highest BCUT2D eigenvalue weighted by Gasteiger charge is 2.37. The second-order valence-corrected chi connectivity index (χ2v) is 6.01. The molecule has 0 radical (unpaired) electrons. The number of ether oxygens (including phenoxy) is 1. The van der Waals surface area contributed by atoms with Gasteiger partial charge in [0, 0.05) is 29.4 Å². The van der Waals surface area contributed by atoms with Gasteiger partial charge >= 0.3 is 0 Å². The lowest BCUT2D eigenvalue weighted by atomic mass is 9.80. The van der Waals surface area contributed by atoms with E-state index in [2.05, 4.69) is 21.2 Å². The lowest BCUT2D eigenvalue weighted by Gasteiger charge is -2.40. The first-order chi connectivity index (χ1) is 8.97. The molecule has 1 fully saturated rings. The zero-order chi connectivity index (χ0) is 14.0. The number of nitrogens with two attached hydrogens (primary N) is 1. The Bertz CT molecular complexity index is 493. The fraction of sp³-hybridized carbons (Fsp3) is 0.500. The van der Waals surface area contributed by atoms with E-state index in [0.717, 1.165) is 29.3 Å². The molecule has 4 nitrogen and oxygen atoms in total. The summed E-state index contributed by atoms with van der Waals surface area (Å²) in [6, 6.07) is 3.59. The van der Waals surface area contributed by atoms with E-state index in [9.17, 15) is 4.79 Å². The predicted molar refractivity (Wildman–Crippen MR) is 79.2 cm³/mol. The Balaban J connectivity index is 2.08. The summed E-state index contributed by atoms with van der Waals surface area (Å²) in [6.45, 7) is 2.40. The molecule has 1 saturated carbocycles. The van der Waals surface area contributed by atoms with Gasteiger partial charge in [-0.05, 0) is 43.9 Å². The SMILES string of the molecule is COC1(CNC(=O)c2cc(Br)cc(N)c2C)CCC1. The summed E-state index contributed by atoms with van der Waals surface area (Å²) in [5.74, 6) is -0.103. The van der Waals surface area contributed by atoms with Gasteiger partial charge in [-0.3, -0.25) is 4.79 Å². The molecule has 0 atom stereocenters. The molecule has 5 heteroatoms. The number of amides is 1. The summed E-state index contributed by atoms with van der Waals surface area (Å²) < 4.78 is 6.30. The van der Waals surface area contributed by atoms with E-state index < -0.39 is 0 Å². The lowest BCUT2D eigenvalue weighted by Crippen LogP contribution is -2.49. The fourth-order valence-corrected chi connectivity index (χ4v) is 2.77. The van der Waals surface area contributed by atoms with Crippen LogP contribution in [0.4, 0.5) is 5.69 Å². The number of methoxy groups -OCH3 is 1. The maximum atomic E-state index is 12.2. The van der Waals surface area contributed by atoms with E-state index in [1.807, 2.05) is 6.92 Å². The van der Waals surface area contributed by atoms with Gasteiger partial charge in [-0.25, -0.2) is 0 Å². The van der Waals surface area contributed by atoms with Crippen LogP contribution >= 0.6 is 15.9 Å².